The fourth-order valence-corrected chi connectivity index (χ4v) is 1.75. The topological polar surface area (TPSA) is 54.4 Å². The molecular weight excluding hydrogens is 295 g/mol. The van der Waals surface area contributed by atoms with Crippen molar-refractivity contribution in [2.75, 3.05) is 0 Å². The predicted molar refractivity (Wildman–Crippen MR) is 55.6 cm³/mol. The van der Waals surface area contributed by atoms with Crippen molar-refractivity contribution in [3.05, 3.63) is 29.8 Å². The second-order valence-electron chi connectivity index (χ2n) is 3.82. The Bertz CT molecular complexity index is 533. The Balaban J connectivity index is 2.76. The molecule has 1 N–H and O–H groups in total. The van der Waals surface area contributed by atoms with Gasteiger partial charge in [0.25, 0.3) is 10.1 Å². The van der Waals surface area contributed by atoms with Gasteiger partial charge in [-0.25, -0.2) is 0 Å². The van der Waals surface area contributed by atoms with E-state index in [1.807, 2.05) is 0 Å². The third-order valence-corrected chi connectivity index (χ3v) is 3.23. The van der Waals surface area contributed by atoms with Gasteiger partial charge in [0.05, 0.1) is 4.90 Å². The van der Waals surface area contributed by atoms with Crippen LogP contribution in [-0.2, 0) is 16.5 Å². The van der Waals surface area contributed by atoms with Crippen LogP contribution in [0.4, 0.5) is 22.0 Å². The molecule has 0 radical (unpaired) electrons. The van der Waals surface area contributed by atoms with Gasteiger partial charge in [-0.2, -0.15) is 30.4 Å². The molecule has 0 amide bonds. The Kier molecular flexibility index (Phi) is 4.20. The van der Waals surface area contributed by atoms with Crippen LogP contribution in [0.5, 0.6) is 0 Å². The largest absolute Gasteiger partial charge is 0.453 e. The molecule has 0 aliphatic heterocycles. The van der Waals surface area contributed by atoms with Gasteiger partial charge in [0, 0.05) is 6.42 Å². The van der Waals surface area contributed by atoms with Gasteiger partial charge in [-0.3, -0.25) is 4.55 Å². The molecule has 0 atom stereocenters. The zero-order valence-electron chi connectivity index (χ0n) is 9.29. The summed E-state index contributed by atoms with van der Waals surface area (Å²) in [7, 11) is -4.41. The Morgan fingerprint density at radius 1 is 1.00 bits per heavy atom. The van der Waals surface area contributed by atoms with E-state index >= 15 is 0 Å². The van der Waals surface area contributed by atoms with Crippen LogP contribution in [0.1, 0.15) is 12.0 Å². The van der Waals surface area contributed by atoms with Crippen molar-refractivity contribution < 1.29 is 34.9 Å². The van der Waals surface area contributed by atoms with Gasteiger partial charge in [0.1, 0.15) is 0 Å². The number of benzene rings is 1. The van der Waals surface area contributed by atoms with Crippen molar-refractivity contribution in [2.24, 2.45) is 0 Å². The Morgan fingerprint density at radius 2 is 1.47 bits per heavy atom. The van der Waals surface area contributed by atoms with Crippen LogP contribution >= 0.6 is 0 Å². The summed E-state index contributed by atoms with van der Waals surface area (Å²) in [5.41, 5.74) is 0.108. The number of hydrogen-bond acceptors (Lipinski definition) is 2. The van der Waals surface area contributed by atoms with Crippen LogP contribution in [0.2, 0.25) is 0 Å². The maximum Gasteiger partial charge on any atom is 0.453 e. The summed E-state index contributed by atoms with van der Waals surface area (Å²) >= 11 is 0. The number of hydrogen-bond donors (Lipinski definition) is 1. The van der Waals surface area contributed by atoms with Crippen molar-refractivity contribution >= 4 is 10.1 Å². The minimum Gasteiger partial charge on any atom is -0.282 e. The number of alkyl halides is 5. The predicted octanol–water partition coefficient (Wildman–Crippen LogP) is 3.06. The third-order valence-electron chi connectivity index (χ3n) is 2.36. The van der Waals surface area contributed by atoms with Crippen molar-refractivity contribution in [1.29, 1.82) is 0 Å². The maximum atomic E-state index is 12.6. The van der Waals surface area contributed by atoms with Gasteiger partial charge in [0.15, 0.2) is 0 Å². The van der Waals surface area contributed by atoms with Crippen molar-refractivity contribution in [3.8, 4) is 0 Å². The molecule has 0 spiro atoms. The van der Waals surface area contributed by atoms with E-state index in [9.17, 15) is 30.4 Å². The molecule has 0 aromatic heterocycles. The van der Waals surface area contributed by atoms with Gasteiger partial charge >= 0.3 is 12.1 Å². The van der Waals surface area contributed by atoms with Crippen molar-refractivity contribution in [1.82, 2.24) is 0 Å². The molecule has 0 aliphatic carbocycles. The van der Waals surface area contributed by atoms with Gasteiger partial charge in [-0.1, -0.05) is 12.1 Å². The number of aryl methyl sites for hydroxylation is 1. The number of rotatable bonds is 4. The molecule has 0 saturated heterocycles. The van der Waals surface area contributed by atoms with Crippen LogP contribution in [-0.4, -0.2) is 25.1 Å². The number of halogens is 5. The lowest BCUT2D eigenvalue weighted by Gasteiger charge is -2.19. The van der Waals surface area contributed by atoms with Crippen molar-refractivity contribution in [2.45, 2.75) is 29.8 Å². The van der Waals surface area contributed by atoms with Crippen LogP contribution in [0.25, 0.3) is 0 Å². The van der Waals surface area contributed by atoms with E-state index in [1.165, 1.54) is 0 Å². The summed E-state index contributed by atoms with van der Waals surface area (Å²) < 4.78 is 90.9. The normalized spacial score (nSPS) is 13.6. The van der Waals surface area contributed by atoms with Crippen LogP contribution in [0.3, 0.4) is 0 Å². The first-order chi connectivity index (χ1) is 8.43. The smallest absolute Gasteiger partial charge is 0.282 e. The molecule has 108 valence electrons. The molecule has 0 unspecified atom stereocenters. The molecule has 19 heavy (non-hydrogen) atoms. The first kappa shape index (κ1) is 15.8. The van der Waals surface area contributed by atoms with Crippen LogP contribution < -0.4 is 0 Å². The third kappa shape index (κ3) is 4.13. The monoisotopic (exact) mass is 304 g/mol. The SMILES string of the molecule is O=S(=O)(O)c1ccc(CCC(F)(F)C(F)(F)F)cc1. The average Bonchev–Trinajstić information content (AvgIpc) is 2.24. The zero-order valence-corrected chi connectivity index (χ0v) is 10.1. The summed E-state index contributed by atoms with van der Waals surface area (Å²) in [5, 5.41) is 0. The van der Waals surface area contributed by atoms with E-state index in [2.05, 4.69) is 0 Å². The molecule has 0 aliphatic rings. The van der Waals surface area contributed by atoms with Gasteiger partial charge < -0.3 is 0 Å². The van der Waals surface area contributed by atoms with E-state index in [0.717, 1.165) is 24.3 Å². The summed E-state index contributed by atoms with van der Waals surface area (Å²) in [6, 6.07) is 3.98. The van der Waals surface area contributed by atoms with Crippen LogP contribution in [0.15, 0.2) is 29.2 Å². The summed E-state index contributed by atoms with van der Waals surface area (Å²) in [6.07, 6.45) is -7.61. The lowest BCUT2D eigenvalue weighted by atomic mass is 10.1. The highest BCUT2D eigenvalue weighted by atomic mass is 32.2. The molecule has 9 heteroatoms. The van der Waals surface area contributed by atoms with Gasteiger partial charge in [0.2, 0.25) is 0 Å². The van der Waals surface area contributed by atoms with E-state index < -0.39 is 40.0 Å². The fourth-order valence-electron chi connectivity index (χ4n) is 1.27. The van der Waals surface area contributed by atoms with Crippen molar-refractivity contribution in [3.63, 3.8) is 0 Å². The molecule has 1 rings (SSSR count). The molecule has 0 bridgehead atoms. The van der Waals surface area contributed by atoms with Crippen LogP contribution in [0, 0.1) is 0 Å². The lowest BCUT2D eigenvalue weighted by molar-refractivity contribution is -0.284. The fraction of sp³-hybridized carbons (Fsp3) is 0.400. The molecule has 3 nitrogen and oxygen atoms in total. The highest BCUT2D eigenvalue weighted by Crippen LogP contribution is 2.38. The molecule has 0 fully saturated rings. The highest BCUT2D eigenvalue weighted by molar-refractivity contribution is 7.85. The second-order valence-corrected chi connectivity index (χ2v) is 5.24. The van der Waals surface area contributed by atoms with E-state index in [0.29, 0.717) is 0 Å². The highest BCUT2D eigenvalue weighted by Gasteiger charge is 2.56. The molecule has 0 saturated carbocycles. The summed E-state index contributed by atoms with van der Waals surface area (Å²) in [5.74, 6) is -4.80. The summed E-state index contributed by atoms with van der Waals surface area (Å²) in [4.78, 5) is -0.459. The van der Waals surface area contributed by atoms with E-state index in [4.69, 9.17) is 4.55 Å². The molecule has 1 aromatic rings. The molecule has 1 aromatic carbocycles. The van der Waals surface area contributed by atoms with E-state index in [1.54, 1.807) is 0 Å². The molecular formula is C10H9F5O3S. The second kappa shape index (κ2) is 5.04. The maximum absolute atomic E-state index is 12.6. The quantitative estimate of drug-likeness (QED) is 0.687. The lowest BCUT2D eigenvalue weighted by Crippen LogP contribution is -2.36. The summed E-state index contributed by atoms with van der Waals surface area (Å²) in [6.45, 7) is 0. The minimum absolute atomic E-state index is 0.108. The Morgan fingerprint density at radius 3 is 1.84 bits per heavy atom. The Labute approximate surface area is 105 Å². The zero-order chi connectivity index (χ0) is 14.9. The standard InChI is InChI=1S/C10H9F5O3S/c11-9(12,10(13,14)15)6-5-7-1-3-8(4-2-7)19(16,17)18/h1-4H,5-6H2,(H,16,17,18). The average molecular weight is 304 g/mol. The minimum atomic E-state index is -5.61. The van der Waals surface area contributed by atoms with Gasteiger partial charge in [-0.05, 0) is 24.1 Å². The first-order valence-electron chi connectivity index (χ1n) is 4.94. The molecule has 0 heterocycles. The first-order valence-corrected chi connectivity index (χ1v) is 6.38. The Hall–Kier alpha value is -1.22. The van der Waals surface area contributed by atoms with Gasteiger partial charge in [-0.15, -0.1) is 0 Å². The van der Waals surface area contributed by atoms with E-state index in [-0.39, 0.29) is 5.56 Å².